The van der Waals surface area contributed by atoms with E-state index >= 15 is 0 Å². The Morgan fingerprint density at radius 1 is 1.15 bits per heavy atom. The van der Waals surface area contributed by atoms with Crippen LogP contribution in [0.4, 0.5) is 0 Å². The first-order valence-electron chi connectivity index (χ1n) is 8.10. The van der Waals surface area contributed by atoms with Gasteiger partial charge in [-0.05, 0) is 51.6 Å². The van der Waals surface area contributed by atoms with Gasteiger partial charge in [0.2, 0.25) is 0 Å². The number of aliphatic hydroxyl groups excluding tert-OH is 1. The molecule has 2 heteroatoms. The van der Waals surface area contributed by atoms with Crippen LogP contribution in [0.25, 0.3) is 0 Å². The van der Waals surface area contributed by atoms with E-state index in [-0.39, 0.29) is 6.10 Å². The van der Waals surface area contributed by atoms with Crippen LogP contribution >= 0.6 is 0 Å². The molecule has 2 nitrogen and oxygen atoms in total. The molecule has 1 aromatic rings. The fourth-order valence-corrected chi connectivity index (χ4v) is 2.93. The molecule has 0 aliphatic heterocycles. The van der Waals surface area contributed by atoms with E-state index in [1.54, 1.807) is 0 Å². The van der Waals surface area contributed by atoms with Crippen LogP contribution in [-0.2, 0) is 0 Å². The highest BCUT2D eigenvalue weighted by molar-refractivity contribution is 5.29. The third-order valence-corrected chi connectivity index (χ3v) is 4.18. The van der Waals surface area contributed by atoms with Gasteiger partial charge in [0.15, 0.2) is 0 Å². The summed E-state index contributed by atoms with van der Waals surface area (Å²) in [6, 6.07) is 7.19. The average Bonchev–Trinajstić information content (AvgIpc) is 3.22. The minimum atomic E-state index is -0.323. The zero-order valence-corrected chi connectivity index (χ0v) is 13.2. The lowest BCUT2D eigenvalue weighted by Gasteiger charge is -2.23. The second-order valence-corrected chi connectivity index (χ2v) is 6.35. The van der Waals surface area contributed by atoms with Gasteiger partial charge < -0.3 is 10.0 Å². The Hall–Kier alpha value is -0.860. The van der Waals surface area contributed by atoms with Gasteiger partial charge in [-0.2, -0.15) is 0 Å². The van der Waals surface area contributed by atoms with E-state index in [9.17, 15) is 5.11 Å². The zero-order valence-electron chi connectivity index (χ0n) is 13.2. The minimum Gasteiger partial charge on any atom is -0.388 e. The maximum absolute atomic E-state index is 10.4. The first-order valence-corrected chi connectivity index (χ1v) is 8.10. The topological polar surface area (TPSA) is 23.5 Å². The summed E-state index contributed by atoms with van der Waals surface area (Å²) in [6.07, 6.45) is 5.76. The number of rotatable bonds is 8. The average molecular weight is 275 g/mol. The molecule has 1 aliphatic rings. The smallest absolute Gasteiger partial charge is 0.0802 e. The fourth-order valence-electron chi connectivity index (χ4n) is 2.93. The lowest BCUT2D eigenvalue weighted by atomic mass is 10.0. The van der Waals surface area contributed by atoms with Crippen molar-refractivity contribution in [1.29, 1.82) is 0 Å². The molecule has 0 heterocycles. The summed E-state index contributed by atoms with van der Waals surface area (Å²) >= 11 is 0. The molecule has 1 aliphatic carbocycles. The first kappa shape index (κ1) is 15.5. The molecule has 1 aromatic carbocycles. The number of unbranched alkanes of at least 4 members (excludes halogenated alkanes) is 1. The molecule has 0 amide bonds. The molecular formula is C18H29NO. The van der Waals surface area contributed by atoms with Gasteiger partial charge in [-0.1, -0.05) is 42.7 Å². The molecular weight excluding hydrogens is 246 g/mol. The standard InChI is InChI=1S/C18H29NO/c1-4-5-9-19(17-6-7-17)10-8-18(20)16-12-14(2)11-15(3)13-16/h11-13,17-18,20H,4-10H2,1-3H3. The van der Waals surface area contributed by atoms with Gasteiger partial charge in [0.25, 0.3) is 0 Å². The van der Waals surface area contributed by atoms with Gasteiger partial charge in [-0.25, -0.2) is 0 Å². The van der Waals surface area contributed by atoms with E-state index in [4.69, 9.17) is 0 Å². The van der Waals surface area contributed by atoms with E-state index in [0.29, 0.717) is 0 Å². The van der Waals surface area contributed by atoms with E-state index in [2.05, 4.69) is 43.9 Å². The van der Waals surface area contributed by atoms with Gasteiger partial charge in [0.1, 0.15) is 0 Å². The molecule has 1 unspecified atom stereocenters. The van der Waals surface area contributed by atoms with E-state index in [1.165, 1.54) is 43.4 Å². The second-order valence-electron chi connectivity index (χ2n) is 6.35. The van der Waals surface area contributed by atoms with Gasteiger partial charge in [0.05, 0.1) is 6.10 Å². The molecule has 1 atom stereocenters. The predicted molar refractivity (Wildman–Crippen MR) is 85.0 cm³/mol. The third-order valence-electron chi connectivity index (χ3n) is 4.18. The number of hydrogen-bond donors (Lipinski definition) is 1. The maximum Gasteiger partial charge on any atom is 0.0802 e. The third kappa shape index (κ3) is 4.60. The lowest BCUT2D eigenvalue weighted by Crippen LogP contribution is -2.29. The highest BCUT2D eigenvalue weighted by Crippen LogP contribution is 2.28. The van der Waals surface area contributed by atoms with Crippen molar-refractivity contribution in [3.63, 3.8) is 0 Å². The van der Waals surface area contributed by atoms with Crippen LogP contribution in [0.2, 0.25) is 0 Å². The van der Waals surface area contributed by atoms with Crippen molar-refractivity contribution in [2.24, 2.45) is 0 Å². The summed E-state index contributed by atoms with van der Waals surface area (Å²) in [4.78, 5) is 2.58. The van der Waals surface area contributed by atoms with Crippen LogP contribution in [-0.4, -0.2) is 29.1 Å². The Morgan fingerprint density at radius 2 is 1.80 bits per heavy atom. The van der Waals surface area contributed by atoms with Gasteiger partial charge >= 0.3 is 0 Å². The van der Waals surface area contributed by atoms with E-state index in [0.717, 1.165) is 24.6 Å². The highest BCUT2D eigenvalue weighted by atomic mass is 16.3. The van der Waals surface area contributed by atoms with Crippen molar-refractivity contribution >= 4 is 0 Å². The van der Waals surface area contributed by atoms with Crippen LogP contribution in [0, 0.1) is 13.8 Å². The summed E-state index contributed by atoms with van der Waals surface area (Å²) in [7, 11) is 0. The Balaban J connectivity index is 1.87. The number of nitrogens with zero attached hydrogens (tertiary/aromatic N) is 1. The van der Waals surface area contributed by atoms with Gasteiger partial charge in [-0.15, -0.1) is 0 Å². The van der Waals surface area contributed by atoms with E-state index < -0.39 is 0 Å². The number of aliphatic hydroxyl groups is 1. The van der Waals surface area contributed by atoms with Gasteiger partial charge in [0, 0.05) is 12.6 Å². The predicted octanol–water partition coefficient (Wildman–Crippen LogP) is 3.99. The highest BCUT2D eigenvalue weighted by Gasteiger charge is 2.28. The number of aryl methyl sites for hydroxylation is 2. The summed E-state index contributed by atoms with van der Waals surface area (Å²) in [5.74, 6) is 0. The summed E-state index contributed by atoms with van der Waals surface area (Å²) < 4.78 is 0. The molecule has 1 saturated carbocycles. The molecule has 0 radical (unpaired) electrons. The number of benzene rings is 1. The largest absolute Gasteiger partial charge is 0.388 e. The van der Waals surface area contributed by atoms with Crippen molar-refractivity contribution < 1.29 is 5.11 Å². The Bertz CT molecular complexity index is 405. The van der Waals surface area contributed by atoms with Crippen molar-refractivity contribution in [1.82, 2.24) is 4.90 Å². The monoisotopic (exact) mass is 275 g/mol. The Morgan fingerprint density at radius 3 is 2.35 bits per heavy atom. The van der Waals surface area contributed by atoms with Crippen molar-refractivity contribution in [2.75, 3.05) is 13.1 Å². The maximum atomic E-state index is 10.4. The van der Waals surface area contributed by atoms with Gasteiger partial charge in [-0.3, -0.25) is 0 Å². The van der Waals surface area contributed by atoms with Crippen LogP contribution in [0.1, 0.15) is 61.8 Å². The zero-order chi connectivity index (χ0) is 14.5. The Kier molecular flexibility index (Phi) is 5.62. The normalized spacial score (nSPS) is 16.6. The van der Waals surface area contributed by atoms with Crippen molar-refractivity contribution in [3.8, 4) is 0 Å². The van der Waals surface area contributed by atoms with Crippen LogP contribution in [0.5, 0.6) is 0 Å². The molecule has 0 bridgehead atoms. The quantitative estimate of drug-likeness (QED) is 0.775. The van der Waals surface area contributed by atoms with Crippen molar-refractivity contribution in [3.05, 3.63) is 34.9 Å². The second kappa shape index (κ2) is 7.24. The fraction of sp³-hybridized carbons (Fsp3) is 0.667. The summed E-state index contributed by atoms with van der Waals surface area (Å²) in [6.45, 7) is 8.66. The molecule has 112 valence electrons. The Labute approximate surface area is 123 Å². The molecule has 1 fully saturated rings. The van der Waals surface area contributed by atoms with Crippen LogP contribution < -0.4 is 0 Å². The van der Waals surface area contributed by atoms with Crippen LogP contribution in [0.15, 0.2) is 18.2 Å². The summed E-state index contributed by atoms with van der Waals surface area (Å²) in [5.41, 5.74) is 3.56. The SMILES string of the molecule is CCCCN(CCC(O)c1cc(C)cc(C)c1)C1CC1. The lowest BCUT2D eigenvalue weighted by molar-refractivity contribution is 0.138. The van der Waals surface area contributed by atoms with Crippen LogP contribution in [0.3, 0.4) is 0 Å². The minimum absolute atomic E-state index is 0.323. The molecule has 20 heavy (non-hydrogen) atoms. The van der Waals surface area contributed by atoms with E-state index in [1.807, 2.05) is 0 Å². The molecule has 2 rings (SSSR count). The molecule has 1 N–H and O–H groups in total. The molecule has 0 spiro atoms. The first-order chi connectivity index (χ1) is 9.60. The molecule has 0 saturated heterocycles. The number of hydrogen-bond acceptors (Lipinski definition) is 2. The molecule has 0 aromatic heterocycles. The summed E-state index contributed by atoms with van der Waals surface area (Å²) in [5, 5.41) is 10.4. The van der Waals surface area contributed by atoms with Crippen molar-refractivity contribution in [2.45, 2.75) is 65.0 Å².